The molecule has 0 unspecified atom stereocenters. The average molecular weight is 268 g/mol. The van der Waals surface area contributed by atoms with Crippen LogP contribution in [0.5, 0.6) is 5.75 Å². The minimum atomic E-state index is 0.363. The van der Waals surface area contributed by atoms with Gasteiger partial charge in [-0.3, -0.25) is 0 Å². The quantitative estimate of drug-likeness (QED) is 0.608. The van der Waals surface area contributed by atoms with E-state index in [0.29, 0.717) is 24.0 Å². The summed E-state index contributed by atoms with van der Waals surface area (Å²) >= 11 is 6.12. The molecule has 0 saturated heterocycles. The summed E-state index contributed by atoms with van der Waals surface area (Å²) in [4.78, 5) is 0. The summed E-state index contributed by atoms with van der Waals surface area (Å²) in [5.41, 5.74) is 1.12. The molecule has 4 heteroatoms. The second-order valence-corrected chi connectivity index (χ2v) is 4.06. The molecule has 0 aliphatic rings. The molecule has 0 spiro atoms. The third kappa shape index (κ3) is 5.42. The van der Waals surface area contributed by atoms with Gasteiger partial charge in [-0.05, 0) is 24.6 Å². The molecule has 0 bridgehead atoms. The van der Waals surface area contributed by atoms with Crippen LogP contribution in [-0.2, 0) is 11.3 Å². The topological polar surface area (TPSA) is 30.5 Å². The molecule has 1 rings (SSSR count). The molecule has 1 N–H and O–H groups in total. The Bertz CT molecular complexity index is 424. The van der Waals surface area contributed by atoms with Gasteiger partial charge in [-0.1, -0.05) is 23.6 Å². The molecule has 0 aliphatic carbocycles. The van der Waals surface area contributed by atoms with Gasteiger partial charge in [0.25, 0.3) is 0 Å². The predicted octanol–water partition coefficient (Wildman–Crippen LogP) is 2.48. The van der Waals surface area contributed by atoms with Gasteiger partial charge in [0.05, 0.1) is 11.6 Å². The van der Waals surface area contributed by atoms with Crippen molar-refractivity contribution in [1.29, 1.82) is 0 Å². The van der Waals surface area contributed by atoms with Crippen molar-refractivity contribution in [3.63, 3.8) is 0 Å². The molecule has 0 radical (unpaired) electrons. The number of halogens is 1. The Balaban J connectivity index is 2.47. The normalized spacial score (nSPS) is 9.72. The molecule has 0 aromatic heterocycles. The van der Waals surface area contributed by atoms with Crippen LogP contribution in [0.15, 0.2) is 18.2 Å². The fraction of sp³-hybridized carbons (Fsp3) is 0.429. The molecule has 0 fully saturated rings. The first kappa shape index (κ1) is 14.8. The van der Waals surface area contributed by atoms with Gasteiger partial charge in [0, 0.05) is 20.2 Å². The second kappa shape index (κ2) is 8.82. The Morgan fingerprint density at radius 1 is 1.39 bits per heavy atom. The molecule has 0 amide bonds. The van der Waals surface area contributed by atoms with E-state index in [0.717, 1.165) is 18.7 Å². The number of methoxy groups -OCH3 is 1. The van der Waals surface area contributed by atoms with E-state index in [1.807, 2.05) is 18.2 Å². The maximum absolute atomic E-state index is 6.12. The van der Waals surface area contributed by atoms with E-state index in [-0.39, 0.29) is 0 Å². The first-order valence-corrected chi connectivity index (χ1v) is 6.16. The first-order chi connectivity index (χ1) is 8.77. The smallest absolute Gasteiger partial charge is 0.149 e. The summed E-state index contributed by atoms with van der Waals surface area (Å²) < 4.78 is 10.4. The van der Waals surface area contributed by atoms with E-state index in [9.17, 15) is 0 Å². The molecule has 1 aromatic carbocycles. The van der Waals surface area contributed by atoms with Gasteiger partial charge in [0.1, 0.15) is 12.4 Å². The number of benzene rings is 1. The fourth-order valence-corrected chi connectivity index (χ4v) is 1.62. The monoisotopic (exact) mass is 267 g/mol. The van der Waals surface area contributed by atoms with Crippen molar-refractivity contribution >= 4 is 11.6 Å². The van der Waals surface area contributed by atoms with Gasteiger partial charge in [-0.2, -0.15) is 0 Å². The molecule has 98 valence electrons. The van der Waals surface area contributed by atoms with Crippen LogP contribution >= 0.6 is 11.6 Å². The molecule has 0 heterocycles. The van der Waals surface area contributed by atoms with Crippen LogP contribution in [0.3, 0.4) is 0 Å². The zero-order valence-electron chi connectivity index (χ0n) is 10.8. The Morgan fingerprint density at radius 2 is 2.22 bits per heavy atom. The van der Waals surface area contributed by atoms with E-state index in [1.165, 1.54) is 0 Å². The largest absolute Gasteiger partial charge is 0.479 e. The number of hydrogen-bond acceptors (Lipinski definition) is 3. The third-order valence-electron chi connectivity index (χ3n) is 2.28. The predicted molar refractivity (Wildman–Crippen MR) is 74.0 cm³/mol. The summed E-state index contributed by atoms with van der Waals surface area (Å²) in [6.07, 6.45) is 0. The SMILES string of the molecule is CC#CCOc1ccc(CNCCOC)cc1Cl. The minimum Gasteiger partial charge on any atom is -0.479 e. The van der Waals surface area contributed by atoms with Crippen LogP contribution < -0.4 is 10.1 Å². The third-order valence-corrected chi connectivity index (χ3v) is 2.58. The van der Waals surface area contributed by atoms with Gasteiger partial charge in [-0.25, -0.2) is 0 Å². The van der Waals surface area contributed by atoms with Gasteiger partial charge >= 0.3 is 0 Å². The van der Waals surface area contributed by atoms with Crippen molar-refractivity contribution in [2.24, 2.45) is 0 Å². The van der Waals surface area contributed by atoms with Crippen molar-refractivity contribution in [3.8, 4) is 17.6 Å². The lowest BCUT2D eigenvalue weighted by Crippen LogP contribution is -2.18. The Kier molecular flexibility index (Phi) is 7.28. The molecule has 1 aromatic rings. The van der Waals surface area contributed by atoms with Crippen LogP contribution in [0, 0.1) is 11.8 Å². The summed E-state index contributed by atoms with van der Waals surface area (Å²) in [7, 11) is 1.68. The Morgan fingerprint density at radius 3 is 2.89 bits per heavy atom. The van der Waals surface area contributed by atoms with Crippen molar-refractivity contribution in [1.82, 2.24) is 5.32 Å². The summed E-state index contributed by atoms with van der Waals surface area (Å²) in [6.45, 7) is 4.42. The zero-order chi connectivity index (χ0) is 13.2. The van der Waals surface area contributed by atoms with E-state index in [2.05, 4.69) is 17.2 Å². The van der Waals surface area contributed by atoms with Crippen LogP contribution in [-0.4, -0.2) is 26.9 Å². The fourth-order valence-electron chi connectivity index (χ4n) is 1.36. The number of rotatable bonds is 7. The highest BCUT2D eigenvalue weighted by Crippen LogP contribution is 2.25. The summed E-state index contributed by atoms with van der Waals surface area (Å²) in [6, 6.07) is 5.75. The van der Waals surface area contributed by atoms with E-state index in [4.69, 9.17) is 21.1 Å². The molecule has 18 heavy (non-hydrogen) atoms. The standard InChI is InChI=1S/C14H18ClNO2/c1-3-4-8-18-14-6-5-12(10-13(14)15)11-16-7-9-17-2/h5-6,10,16H,7-9,11H2,1-2H3. The van der Waals surface area contributed by atoms with Crippen LogP contribution in [0.1, 0.15) is 12.5 Å². The van der Waals surface area contributed by atoms with Crippen LogP contribution in [0.4, 0.5) is 0 Å². The van der Waals surface area contributed by atoms with Gasteiger partial charge in [0.2, 0.25) is 0 Å². The van der Waals surface area contributed by atoms with Gasteiger partial charge < -0.3 is 14.8 Å². The van der Waals surface area contributed by atoms with Crippen LogP contribution in [0.25, 0.3) is 0 Å². The minimum absolute atomic E-state index is 0.363. The average Bonchev–Trinajstić information content (AvgIpc) is 2.37. The van der Waals surface area contributed by atoms with Crippen molar-refractivity contribution in [3.05, 3.63) is 28.8 Å². The van der Waals surface area contributed by atoms with Crippen molar-refractivity contribution in [2.45, 2.75) is 13.5 Å². The highest BCUT2D eigenvalue weighted by Gasteiger charge is 2.02. The maximum atomic E-state index is 6.12. The summed E-state index contributed by atoms with van der Waals surface area (Å²) in [5, 5.41) is 3.86. The summed E-state index contributed by atoms with van der Waals surface area (Å²) in [5.74, 6) is 6.27. The highest BCUT2D eigenvalue weighted by atomic mass is 35.5. The number of nitrogens with one attached hydrogen (secondary N) is 1. The number of hydrogen-bond donors (Lipinski definition) is 1. The van der Waals surface area contributed by atoms with E-state index in [1.54, 1.807) is 14.0 Å². The maximum Gasteiger partial charge on any atom is 0.149 e. The second-order valence-electron chi connectivity index (χ2n) is 3.65. The molecule has 0 saturated carbocycles. The van der Waals surface area contributed by atoms with Crippen molar-refractivity contribution < 1.29 is 9.47 Å². The highest BCUT2D eigenvalue weighted by molar-refractivity contribution is 6.32. The lowest BCUT2D eigenvalue weighted by atomic mass is 10.2. The van der Waals surface area contributed by atoms with Crippen molar-refractivity contribution in [2.75, 3.05) is 26.9 Å². The van der Waals surface area contributed by atoms with Crippen LogP contribution in [0.2, 0.25) is 5.02 Å². The Hall–Kier alpha value is -1.21. The number of ether oxygens (including phenoxy) is 2. The van der Waals surface area contributed by atoms with E-state index >= 15 is 0 Å². The molecular formula is C14H18ClNO2. The molecule has 0 aliphatic heterocycles. The first-order valence-electron chi connectivity index (χ1n) is 5.78. The van der Waals surface area contributed by atoms with E-state index < -0.39 is 0 Å². The zero-order valence-corrected chi connectivity index (χ0v) is 11.5. The van der Waals surface area contributed by atoms with Gasteiger partial charge in [-0.15, -0.1) is 5.92 Å². The lowest BCUT2D eigenvalue weighted by molar-refractivity contribution is 0.199. The Labute approximate surface area is 113 Å². The molecule has 3 nitrogen and oxygen atoms in total. The molecular weight excluding hydrogens is 250 g/mol. The molecule has 0 atom stereocenters. The lowest BCUT2D eigenvalue weighted by Gasteiger charge is -2.08. The van der Waals surface area contributed by atoms with Gasteiger partial charge in [0.15, 0.2) is 0 Å².